The number of carbonyl (C=O) groups is 1. The van der Waals surface area contributed by atoms with Crippen LogP contribution in [0, 0.1) is 5.92 Å². The molecule has 0 unspecified atom stereocenters. The first-order valence-corrected chi connectivity index (χ1v) is 6.00. The summed E-state index contributed by atoms with van der Waals surface area (Å²) in [6.45, 7) is 9.58. The molecule has 2 heteroatoms. The Hall–Kier alpha value is -1.31. The Morgan fingerprint density at radius 1 is 1.00 bits per heavy atom. The SMILES string of the molecule is CC(=O)C=C(O)C(CC=C(C)C)CC=C(C)C. The standard InChI is InChI=1S/C15H24O2/c1-11(2)6-8-14(9-7-12(3)4)15(17)10-13(5)16/h6-7,10,14,17H,8-9H2,1-5H3. The lowest BCUT2D eigenvalue weighted by atomic mass is 9.96. The highest BCUT2D eigenvalue weighted by Crippen LogP contribution is 2.20. The second-order valence-corrected chi connectivity index (χ2v) is 4.91. The quantitative estimate of drug-likeness (QED) is 0.423. The first-order valence-electron chi connectivity index (χ1n) is 6.00. The van der Waals surface area contributed by atoms with Gasteiger partial charge in [-0.2, -0.15) is 0 Å². The van der Waals surface area contributed by atoms with Crippen molar-refractivity contribution in [2.75, 3.05) is 0 Å². The van der Waals surface area contributed by atoms with E-state index in [9.17, 15) is 9.90 Å². The third-order valence-corrected chi connectivity index (χ3v) is 2.39. The predicted octanol–water partition coefficient (Wildman–Crippen LogP) is 4.35. The van der Waals surface area contributed by atoms with Crippen molar-refractivity contribution in [1.82, 2.24) is 0 Å². The Morgan fingerprint density at radius 3 is 1.71 bits per heavy atom. The zero-order valence-electron chi connectivity index (χ0n) is 11.6. The molecule has 0 bridgehead atoms. The summed E-state index contributed by atoms with van der Waals surface area (Å²) in [6.07, 6.45) is 7.03. The molecule has 0 atom stereocenters. The molecule has 0 aromatic rings. The van der Waals surface area contributed by atoms with Gasteiger partial charge in [-0.3, -0.25) is 4.79 Å². The van der Waals surface area contributed by atoms with Gasteiger partial charge in [0.1, 0.15) is 0 Å². The van der Waals surface area contributed by atoms with Gasteiger partial charge in [0.15, 0.2) is 5.78 Å². The Balaban J connectivity index is 4.78. The maximum Gasteiger partial charge on any atom is 0.155 e. The van der Waals surface area contributed by atoms with Gasteiger partial charge in [0, 0.05) is 12.0 Å². The van der Waals surface area contributed by atoms with E-state index >= 15 is 0 Å². The molecule has 2 nitrogen and oxygen atoms in total. The van der Waals surface area contributed by atoms with Crippen molar-refractivity contribution in [3.8, 4) is 0 Å². The molecule has 1 N–H and O–H groups in total. The number of hydrogen-bond acceptors (Lipinski definition) is 2. The van der Waals surface area contributed by atoms with Crippen molar-refractivity contribution >= 4 is 5.78 Å². The van der Waals surface area contributed by atoms with Crippen molar-refractivity contribution < 1.29 is 9.90 Å². The molecule has 0 rings (SSSR count). The van der Waals surface area contributed by atoms with Gasteiger partial charge in [0.25, 0.3) is 0 Å². The molecule has 0 aliphatic carbocycles. The topological polar surface area (TPSA) is 37.3 Å². The normalized spacial score (nSPS) is 11.3. The largest absolute Gasteiger partial charge is 0.512 e. The smallest absolute Gasteiger partial charge is 0.155 e. The molecule has 0 fully saturated rings. The molecular weight excluding hydrogens is 212 g/mol. The molecule has 0 aromatic carbocycles. The third-order valence-electron chi connectivity index (χ3n) is 2.39. The summed E-state index contributed by atoms with van der Waals surface area (Å²) in [4.78, 5) is 11.0. The lowest BCUT2D eigenvalue weighted by molar-refractivity contribution is -0.112. The third kappa shape index (κ3) is 8.49. The zero-order chi connectivity index (χ0) is 13.4. The van der Waals surface area contributed by atoms with Crippen molar-refractivity contribution in [1.29, 1.82) is 0 Å². The summed E-state index contributed by atoms with van der Waals surface area (Å²) in [7, 11) is 0. The zero-order valence-corrected chi connectivity index (χ0v) is 11.6. The molecule has 0 amide bonds. The van der Waals surface area contributed by atoms with Crippen LogP contribution in [0.25, 0.3) is 0 Å². The summed E-state index contributed by atoms with van der Waals surface area (Å²) in [6, 6.07) is 0. The van der Waals surface area contributed by atoms with E-state index in [-0.39, 0.29) is 17.5 Å². The van der Waals surface area contributed by atoms with Crippen LogP contribution in [0.1, 0.15) is 47.5 Å². The molecule has 0 aromatic heterocycles. The van der Waals surface area contributed by atoms with Gasteiger partial charge >= 0.3 is 0 Å². The minimum atomic E-state index is -0.109. The lowest BCUT2D eigenvalue weighted by Crippen LogP contribution is -2.04. The number of aliphatic hydroxyl groups is 1. The average molecular weight is 236 g/mol. The van der Waals surface area contributed by atoms with Gasteiger partial charge in [-0.05, 0) is 47.5 Å². The monoisotopic (exact) mass is 236 g/mol. The van der Waals surface area contributed by atoms with E-state index in [0.717, 1.165) is 12.8 Å². The van der Waals surface area contributed by atoms with E-state index in [1.807, 2.05) is 27.7 Å². The summed E-state index contributed by atoms with van der Waals surface area (Å²) in [5, 5.41) is 9.89. The fourth-order valence-electron chi connectivity index (χ4n) is 1.42. The highest BCUT2D eigenvalue weighted by Gasteiger charge is 2.11. The van der Waals surface area contributed by atoms with Gasteiger partial charge in [0.05, 0.1) is 5.76 Å². The van der Waals surface area contributed by atoms with Gasteiger partial charge in [-0.25, -0.2) is 0 Å². The minimum Gasteiger partial charge on any atom is -0.512 e. The second kappa shape index (κ2) is 7.88. The summed E-state index contributed by atoms with van der Waals surface area (Å²) >= 11 is 0. The molecular formula is C15H24O2. The van der Waals surface area contributed by atoms with Crippen molar-refractivity contribution in [2.24, 2.45) is 5.92 Å². The molecule has 0 radical (unpaired) electrons. The van der Waals surface area contributed by atoms with Crippen molar-refractivity contribution in [3.63, 3.8) is 0 Å². The predicted molar refractivity (Wildman–Crippen MR) is 73.0 cm³/mol. The number of hydrogen-bond donors (Lipinski definition) is 1. The van der Waals surface area contributed by atoms with Crippen LogP contribution in [0.4, 0.5) is 0 Å². The van der Waals surface area contributed by atoms with Gasteiger partial charge in [-0.15, -0.1) is 0 Å². The Kier molecular flexibility index (Phi) is 7.27. The van der Waals surface area contributed by atoms with E-state index in [1.165, 1.54) is 24.1 Å². The molecule has 0 saturated heterocycles. The van der Waals surface area contributed by atoms with Crippen LogP contribution in [-0.2, 0) is 4.79 Å². The van der Waals surface area contributed by atoms with E-state index in [0.29, 0.717) is 0 Å². The first kappa shape index (κ1) is 15.7. The van der Waals surface area contributed by atoms with E-state index in [1.54, 1.807) is 0 Å². The summed E-state index contributed by atoms with van der Waals surface area (Å²) in [5.41, 5.74) is 2.45. The van der Waals surface area contributed by atoms with Gasteiger partial charge < -0.3 is 5.11 Å². The van der Waals surface area contributed by atoms with E-state index in [4.69, 9.17) is 0 Å². The van der Waals surface area contributed by atoms with Crippen molar-refractivity contribution in [3.05, 3.63) is 35.1 Å². The number of rotatable bonds is 6. The second-order valence-electron chi connectivity index (χ2n) is 4.91. The van der Waals surface area contributed by atoms with Crippen LogP contribution in [0.5, 0.6) is 0 Å². The minimum absolute atomic E-state index is 0.00343. The fourth-order valence-corrected chi connectivity index (χ4v) is 1.42. The summed E-state index contributed by atoms with van der Waals surface area (Å²) < 4.78 is 0. The lowest BCUT2D eigenvalue weighted by Gasteiger charge is -2.12. The van der Waals surface area contributed by atoms with Crippen LogP contribution in [0.2, 0.25) is 0 Å². The Labute approximate surface area is 105 Å². The summed E-state index contributed by atoms with van der Waals surface area (Å²) in [5.74, 6) is 0.0816. The molecule has 0 spiro atoms. The van der Waals surface area contributed by atoms with Crippen molar-refractivity contribution in [2.45, 2.75) is 47.5 Å². The average Bonchev–Trinajstić information content (AvgIpc) is 2.15. The molecule has 17 heavy (non-hydrogen) atoms. The van der Waals surface area contributed by atoms with Crippen LogP contribution < -0.4 is 0 Å². The molecule has 96 valence electrons. The van der Waals surface area contributed by atoms with E-state index in [2.05, 4.69) is 12.2 Å². The van der Waals surface area contributed by atoms with Crippen LogP contribution >= 0.6 is 0 Å². The number of allylic oxidation sites excluding steroid dienone is 6. The first-order chi connectivity index (χ1) is 7.82. The van der Waals surface area contributed by atoms with Gasteiger partial charge in [0.2, 0.25) is 0 Å². The van der Waals surface area contributed by atoms with Crippen LogP contribution in [0.15, 0.2) is 35.1 Å². The van der Waals surface area contributed by atoms with Crippen LogP contribution in [-0.4, -0.2) is 10.9 Å². The van der Waals surface area contributed by atoms with E-state index < -0.39 is 0 Å². The Bertz CT molecular complexity index is 318. The molecule has 0 heterocycles. The number of ketones is 1. The Morgan fingerprint density at radius 2 is 1.41 bits per heavy atom. The molecule has 0 saturated carbocycles. The highest BCUT2D eigenvalue weighted by atomic mass is 16.3. The maximum atomic E-state index is 11.0. The fraction of sp³-hybridized carbons (Fsp3) is 0.533. The number of carbonyl (C=O) groups excluding carboxylic acids is 1. The molecule has 0 aliphatic rings. The molecule has 0 aliphatic heterocycles. The van der Waals surface area contributed by atoms with Gasteiger partial charge in [-0.1, -0.05) is 23.3 Å². The highest BCUT2D eigenvalue weighted by molar-refractivity contribution is 5.87. The maximum absolute atomic E-state index is 11.0. The van der Waals surface area contributed by atoms with Crippen LogP contribution in [0.3, 0.4) is 0 Å². The number of aliphatic hydroxyl groups excluding tert-OH is 1.